The van der Waals surface area contributed by atoms with Crippen LogP contribution in [0.3, 0.4) is 0 Å². The summed E-state index contributed by atoms with van der Waals surface area (Å²) in [7, 11) is 1.28. The molecule has 3 heterocycles. The molecule has 1 fully saturated rings. The van der Waals surface area contributed by atoms with Crippen LogP contribution >= 0.6 is 11.3 Å². The van der Waals surface area contributed by atoms with Gasteiger partial charge >= 0.3 is 12.0 Å². The Morgan fingerprint density at radius 1 is 1.08 bits per heavy atom. The molecule has 0 radical (unpaired) electrons. The number of esters is 1. The van der Waals surface area contributed by atoms with Crippen LogP contribution in [0.2, 0.25) is 0 Å². The lowest BCUT2D eigenvalue weighted by atomic mass is 10.1. The highest BCUT2D eigenvalue weighted by molar-refractivity contribution is 7.12. The van der Waals surface area contributed by atoms with Gasteiger partial charge in [0.25, 0.3) is 0 Å². The zero-order valence-corrected chi connectivity index (χ0v) is 21.5. The third kappa shape index (κ3) is 6.04. The van der Waals surface area contributed by atoms with Crippen molar-refractivity contribution < 1.29 is 28.6 Å². The fraction of sp³-hybridized carbons (Fsp3) is 0.320. The lowest BCUT2D eigenvalue weighted by Crippen LogP contribution is -2.37. The summed E-state index contributed by atoms with van der Waals surface area (Å²) >= 11 is 1.17. The number of anilines is 3. The largest absolute Gasteiger partial charge is 0.488 e. The topological polar surface area (TPSA) is 132 Å². The van der Waals surface area contributed by atoms with Crippen LogP contribution in [0.4, 0.5) is 22.0 Å². The van der Waals surface area contributed by atoms with Gasteiger partial charge < -0.3 is 29.7 Å². The molecular formula is C25H27N5O6S. The molecule has 0 saturated carbocycles. The van der Waals surface area contributed by atoms with Gasteiger partial charge in [0.1, 0.15) is 4.88 Å². The fourth-order valence-corrected chi connectivity index (χ4v) is 4.48. The Labute approximate surface area is 217 Å². The van der Waals surface area contributed by atoms with Crippen LogP contribution in [0.1, 0.15) is 34.0 Å². The van der Waals surface area contributed by atoms with Crippen LogP contribution in [0, 0.1) is 0 Å². The standard InChI is InChI=1S/C25H27N5O6S/c1-4-36-20-19(15(2)31)28-22(29-23(20)30-10-12-35-13-11-30)16-5-7-17(8-6-16)26-25(33)27-18-9-14-37-21(18)24(32)34-3/h5-9,14H,4,10-13H2,1-3H3,(H2,26,27,33). The van der Waals surface area contributed by atoms with Crippen LogP contribution < -0.4 is 20.3 Å². The number of aromatic nitrogens is 2. The summed E-state index contributed by atoms with van der Waals surface area (Å²) in [6, 6.07) is 8.02. The molecule has 11 nitrogen and oxygen atoms in total. The van der Waals surface area contributed by atoms with Gasteiger partial charge in [-0.25, -0.2) is 19.6 Å². The van der Waals surface area contributed by atoms with Gasteiger partial charge in [-0.15, -0.1) is 11.3 Å². The number of methoxy groups -OCH3 is 1. The van der Waals surface area contributed by atoms with Gasteiger partial charge in [0.05, 0.1) is 32.6 Å². The van der Waals surface area contributed by atoms with Gasteiger partial charge in [0, 0.05) is 31.3 Å². The third-order valence-corrected chi connectivity index (χ3v) is 6.36. The van der Waals surface area contributed by atoms with Crippen molar-refractivity contribution in [3.63, 3.8) is 0 Å². The quantitative estimate of drug-likeness (QED) is 0.330. The van der Waals surface area contributed by atoms with E-state index in [1.807, 2.05) is 11.8 Å². The molecule has 2 aromatic heterocycles. The van der Waals surface area contributed by atoms with Crippen molar-refractivity contribution in [2.24, 2.45) is 0 Å². The Morgan fingerprint density at radius 3 is 2.46 bits per heavy atom. The number of hydrogen-bond donors (Lipinski definition) is 2. The molecule has 1 aliphatic rings. The first-order valence-corrected chi connectivity index (χ1v) is 12.5. The molecule has 1 aromatic carbocycles. The van der Waals surface area contributed by atoms with Crippen molar-refractivity contribution in [3.8, 4) is 17.1 Å². The molecule has 1 saturated heterocycles. The molecule has 0 spiro atoms. The molecular weight excluding hydrogens is 498 g/mol. The fourth-order valence-electron chi connectivity index (χ4n) is 3.72. The van der Waals surface area contributed by atoms with E-state index in [0.717, 1.165) is 0 Å². The number of urea groups is 1. The number of thiophene rings is 1. The molecule has 2 amide bonds. The second-order valence-electron chi connectivity index (χ2n) is 7.95. The van der Waals surface area contributed by atoms with Gasteiger partial charge in [0.15, 0.2) is 28.9 Å². The minimum Gasteiger partial charge on any atom is -0.488 e. The van der Waals surface area contributed by atoms with Crippen LogP contribution in [0.5, 0.6) is 5.75 Å². The van der Waals surface area contributed by atoms with Crippen molar-refractivity contribution in [2.75, 3.05) is 55.6 Å². The average molecular weight is 526 g/mol. The summed E-state index contributed by atoms with van der Waals surface area (Å²) in [5.41, 5.74) is 1.76. The molecule has 4 rings (SSSR count). The van der Waals surface area contributed by atoms with E-state index in [-0.39, 0.29) is 11.5 Å². The summed E-state index contributed by atoms with van der Waals surface area (Å²) < 4.78 is 16.0. The number of carbonyl (C=O) groups is 3. The van der Waals surface area contributed by atoms with Crippen molar-refractivity contribution in [1.29, 1.82) is 0 Å². The van der Waals surface area contributed by atoms with Gasteiger partial charge in [0.2, 0.25) is 0 Å². The molecule has 1 aliphatic heterocycles. The Kier molecular flexibility index (Phi) is 8.31. The molecule has 0 atom stereocenters. The van der Waals surface area contributed by atoms with E-state index in [2.05, 4.69) is 15.6 Å². The molecule has 12 heteroatoms. The summed E-state index contributed by atoms with van der Waals surface area (Å²) in [6.45, 7) is 6.00. The molecule has 3 aromatic rings. The zero-order valence-electron chi connectivity index (χ0n) is 20.7. The second kappa shape index (κ2) is 11.8. The molecule has 0 aliphatic carbocycles. The number of benzene rings is 1. The summed E-state index contributed by atoms with van der Waals surface area (Å²) in [4.78, 5) is 48.3. The van der Waals surface area contributed by atoms with Gasteiger partial charge in [-0.1, -0.05) is 0 Å². The first kappa shape index (κ1) is 26.0. The number of nitrogens with zero attached hydrogens (tertiary/aromatic N) is 3. The third-order valence-electron chi connectivity index (χ3n) is 5.47. The monoisotopic (exact) mass is 525 g/mol. The molecule has 194 valence electrons. The Bertz CT molecular complexity index is 1290. The first-order valence-electron chi connectivity index (χ1n) is 11.6. The number of nitrogens with one attached hydrogen (secondary N) is 2. The minimum atomic E-state index is -0.522. The van der Waals surface area contributed by atoms with Crippen LogP contribution in [0.15, 0.2) is 35.7 Å². The Balaban J connectivity index is 1.56. The van der Waals surface area contributed by atoms with Crippen LogP contribution in [-0.4, -0.2) is 67.8 Å². The number of morpholine rings is 1. The average Bonchev–Trinajstić information content (AvgIpc) is 3.37. The Hall–Kier alpha value is -4.03. The highest BCUT2D eigenvalue weighted by Crippen LogP contribution is 2.33. The predicted octanol–water partition coefficient (Wildman–Crippen LogP) is 4.07. The van der Waals surface area contributed by atoms with Crippen LogP contribution in [0.25, 0.3) is 11.4 Å². The van der Waals surface area contributed by atoms with Gasteiger partial charge in [-0.2, -0.15) is 0 Å². The minimum absolute atomic E-state index is 0.215. The lowest BCUT2D eigenvalue weighted by molar-refractivity contribution is 0.0607. The predicted molar refractivity (Wildman–Crippen MR) is 140 cm³/mol. The number of ketones is 1. The van der Waals surface area contributed by atoms with Crippen molar-refractivity contribution in [3.05, 3.63) is 46.3 Å². The SMILES string of the molecule is CCOc1c(C(C)=O)nc(-c2ccc(NC(=O)Nc3ccsc3C(=O)OC)cc2)nc1N1CCOCC1. The summed E-state index contributed by atoms with van der Waals surface area (Å²) in [5, 5.41) is 7.07. The molecule has 0 unspecified atom stereocenters. The maximum absolute atomic E-state index is 12.5. The van der Waals surface area contributed by atoms with E-state index in [1.165, 1.54) is 25.4 Å². The number of carbonyl (C=O) groups excluding carboxylic acids is 3. The lowest BCUT2D eigenvalue weighted by Gasteiger charge is -2.29. The maximum atomic E-state index is 12.5. The van der Waals surface area contributed by atoms with E-state index < -0.39 is 12.0 Å². The number of ether oxygens (including phenoxy) is 3. The van der Waals surface area contributed by atoms with Crippen molar-refractivity contribution in [2.45, 2.75) is 13.8 Å². The highest BCUT2D eigenvalue weighted by Gasteiger charge is 2.25. The molecule has 37 heavy (non-hydrogen) atoms. The van der Waals surface area contributed by atoms with E-state index in [1.54, 1.807) is 35.7 Å². The van der Waals surface area contributed by atoms with Gasteiger partial charge in [-0.3, -0.25) is 4.79 Å². The van der Waals surface area contributed by atoms with Crippen LogP contribution in [-0.2, 0) is 9.47 Å². The number of Topliss-reactive ketones (excluding diaryl/α,β-unsaturated/α-hetero) is 1. The highest BCUT2D eigenvalue weighted by atomic mass is 32.1. The molecule has 2 N–H and O–H groups in total. The smallest absolute Gasteiger partial charge is 0.350 e. The second-order valence-corrected chi connectivity index (χ2v) is 8.86. The Morgan fingerprint density at radius 2 is 1.81 bits per heavy atom. The molecule has 0 bridgehead atoms. The van der Waals surface area contributed by atoms with E-state index in [4.69, 9.17) is 19.2 Å². The maximum Gasteiger partial charge on any atom is 0.350 e. The van der Waals surface area contributed by atoms with Gasteiger partial charge in [-0.05, 0) is 42.6 Å². The van der Waals surface area contributed by atoms with E-state index >= 15 is 0 Å². The normalized spacial score (nSPS) is 13.1. The number of rotatable bonds is 8. The van der Waals surface area contributed by atoms with Crippen molar-refractivity contribution >= 4 is 46.3 Å². The first-order chi connectivity index (χ1) is 17.9. The van der Waals surface area contributed by atoms with E-state index in [9.17, 15) is 14.4 Å². The summed E-state index contributed by atoms with van der Waals surface area (Å²) in [6.07, 6.45) is 0. The van der Waals surface area contributed by atoms with E-state index in [0.29, 0.717) is 72.1 Å². The zero-order chi connectivity index (χ0) is 26.4. The number of amides is 2. The number of hydrogen-bond acceptors (Lipinski definition) is 10. The summed E-state index contributed by atoms with van der Waals surface area (Å²) in [5.74, 6) is 0.546. The van der Waals surface area contributed by atoms with Crippen molar-refractivity contribution in [1.82, 2.24) is 9.97 Å².